The number of aromatic nitrogens is 2. The van der Waals surface area contributed by atoms with Gasteiger partial charge < -0.3 is 4.74 Å². The molecular weight excluding hydrogens is 251 g/mol. The molecule has 0 aliphatic carbocycles. The quantitative estimate of drug-likeness (QED) is 0.746. The van der Waals surface area contributed by atoms with E-state index in [0.29, 0.717) is 13.2 Å². The predicted octanol–water partition coefficient (Wildman–Crippen LogP) is 2.93. The van der Waals surface area contributed by atoms with Crippen LogP contribution in [0.25, 0.3) is 0 Å². The molecule has 0 amide bonds. The minimum Gasteiger partial charge on any atom is -0.477 e. The van der Waals surface area contributed by atoms with Gasteiger partial charge in [-0.3, -0.25) is 0 Å². The fraction of sp³-hybridized carbons (Fsp3) is 0.538. The second-order valence-corrected chi connectivity index (χ2v) is 4.90. The molecule has 1 aromatic rings. The Morgan fingerprint density at radius 1 is 1.53 bits per heavy atom. The van der Waals surface area contributed by atoms with Gasteiger partial charge in [-0.2, -0.15) is 5.10 Å². The number of nitrogens with zero attached hydrogens (tertiary/aromatic N) is 2. The van der Waals surface area contributed by atoms with Crippen molar-refractivity contribution in [2.45, 2.75) is 34.2 Å². The van der Waals surface area contributed by atoms with E-state index in [4.69, 9.17) is 4.74 Å². The van der Waals surface area contributed by atoms with Gasteiger partial charge in [0.2, 0.25) is 5.88 Å². The Hall–Kier alpha value is -1.85. The Kier molecular flexibility index (Phi) is 5.54. The van der Waals surface area contributed by atoms with Crippen LogP contribution in [0.5, 0.6) is 5.88 Å². The van der Waals surface area contributed by atoms with Crippen LogP contribution < -0.4 is 4.74 Å². The molecule has 0 bridgehead atoms. The molecule has 0 unspecified atom stereocenters. The Bertz CT molecular complexity index is 462. The SMILES string of the molecule is CC(C)=CCn1ncc(C(=O)OF)c1OCC(C)C. The lowest BCUT2D eigenvalue weighted by Crippen LogP contribution is -2.12. The monoisotopic (exact) mass is 270 g/mol. The molecule has 0 aliphatic heterocycles. The zero-order chi connectivity index (χ0) is 14.4. The molecule has 1 rings (SSSR count). The van der Waals surface area contributed by atoms with Crippen molar-refractivity contribution in [3.05, 3.63) is 23.4 Å². The van der Waals surface area contributed by atoms with Gasteiger partial charge in [-0.25, -0.2) is 14.4 Å². The van der Waals surface area contributed by atoms with E-state index in [1.54, 1.807) is 0 Å². The molecule has 0 aromatic carbocycles. The number of hydrogen-bond donors (Lipinski definition) is 0. The summed E-state index contributed by atoms with van der Waals surface area (Å²) in [5, 5.41) is 4.01. The van der Waals surface area contributed by atoms with Gasteiger partial charge in [0, 0.05) is 4.53 Å². The van der Waals surface area contributed by atoms with Crippen LogP contribution in [0.1, 0.15) is 38.1 Å². The van der Waals surface area contributed by atoms with E-state index >= 15 is 0 Å². The van der Waals surface area contributed by atoms with Crippen LogP contribution in [0.15, 0.2) is 17.8 Å². The van der Waals surface area contributed by atoms with Crippen molar-refractivity contribution in [3.63, 3.8) is 0 Å². The van der Waals surface area contributed by atoms with Crippen LogP contribution in [0, 0.1) is 5.92 Å². The maximum absolute atomic E-state index is 12.0. The number of hydrogen-bond acceptors (Lipinski definition) is 4. The maximum atomic E-state index is 12.0. The first-order valence-electron chi connectivity index (χ1n) is 6.10. The highest BCUT2D eigenvalue weighted by molar-refractivity contribution is 5.91. The summed E-state index contributed by atoms with van der Waals surface area (Å²) in [5.74, 6) is -0.586. The predicted molar refractivity (Wildman–Crippen MR) is 68.5 cm³/mol. The van der Waals surface area contributed by atoms with Crippen LogP contribution in [0.3, 0.4) is 0 Å². The molecule has 0 atom stereocenters. The van der Waals surface area contributed by atoms with Crippen LogP contribution in [0.4, 0.5) is 4.53 Å². The van der Waals surface area contributed by atoms with Gasteiger partial charge in [0.25, 0.3) is 0 Å². The lowest BCUT2D eigenvalue weighted by atomic mass is 10.2. The second kappa shape index (κ2) is 6.92. The zero-order valence-electron chi connectivity index (χ0n) is 11.6. The van der Waals surface area contributed by atoms with Crippen LogP contribution >= 0.6 is 0 Å². The summed E-state index contributed by atoms with van der Waals surface area (Å²) in [6, 6.07) is 0. The Balaban J connectivity index is 2.99. The standard InChI is InChI=1S/C13H19FN2O3/c1-9(2)5-6-16-12(18-8-10(3)4)11(7-15-16)13(17)19-14/h5,7,10H,6,8H2,1-4H3. The number of rotatable bonds is 6. The van der Waals surface area contributed by atoms with Gasteiger partial charge in [-0.05, 0) is 19.8 Å². The summed E-state index contributed by atoms with van der Waals surface area (Å²) < 4.78 is 19.1. The highest BCUT2D eigenvalue weighted by atomic mass is 19.3. The van der Waals surface area contributed by atoms with Gasteiger partial charge in [-0.1, -0.05) is 25.5 Å². The van der Waals surface area contributed by atoms with E-state index in [0.717, 1.165) is 5.57 Å². The van der Waals surface area contributed by atoms with E-state index in [-0.39, 0.29) is 17.4 Å². The number of allylic oxidation sites excluding steroid dienone is 2. The average molecular weight is 270 g/mol. The summed E-state index contributed by atoms with van der Waals surface area (Å²) in [7, 11) is 0. The molecule has 0 N–H and O–H groups in total. The first-order valence-corrected chi connectivity index (χ1v) is 6.10. The smallest absolute Gasteiger partial charge is 0.386 e. The molecule has 0 radical (unpaired) electrons. The topological polar surface area (TPSA) is 53.4 Å². The Labute approximate surface area is 111 Å². The average Bonchev–Trinajstić information content (AvgIpc) is 2.75. The van der Waals surface area contributed by atoms with Gasteiger partial charge in [0.05, 0.1) is 19.3 Å². The van der Waals surface area contributed by atoms with Crippen LogP contribution in [0.2, 0.25) is 0 Å². The maximum Gasteiger partial charge on any atom is 0.386 e. The van der Waals surface area contributed by atoms with E-state index in [1.807, 2.05) is 33.8 Å². The molecule has 5 nitrogen and oxygen atoms in total. The second-order valence-electron chi connectivity index (χ2n) is 4.90. The van der Waals surface area contributed by atoms with Crippen molar-refractivity contribution < 1.29 is 19.0 Å². The largest absolute Gasteiger partial charge is 0.477 e. The minimum absolute atomic E-state index is 0.00898. The molecule has 6 heteroatoms. The van der Waals surface area contributed by atoms with Crippen molar-refractivity contribution in [2.75, 3.05) is 6.61 Å². The molecule has 0 saturated heterocycles. The highest BCUT2D eigenvalue weighted by Gasteiger charge is 2.21. The van der Waals surface area contributed by atoms with Gasteiger partial charge in [0.15, 0.2) is 0 Å². The lowest BCUT2D eigenvalue weighted by Gasteiger charge is -2.11. The highest BCUT2D eigenvalue weighted by Crippen LogP contribution is 2.20. The molecule has 0 spiro atoms. The van der Waals surface area contributed by atoms with Crippen LogP contribution in [-0.2, 0) is 11.5 Å². The third-order valence-corrected chi connectivity index (χ3v) is 2.31. The summed E-state index contributed by atoms with van der Waals surface area (Å²) in [6.07, 6.45) is 3.18. The third kappa shape index (κ3) is 4.39. The van der Waals surface area contributed by atoms with Crippen LogP contribution in [-0.4, -0.2) is 22.4 Å². The fourth-order valence-electron chi connectivity index (χ4n) is 1.35. The molecule has 0 saturated carbocycles. The van der Waals surface area contributed by atoms with Gasteiger partial charge in [0.1, 0.15) is 5.56 Å². The van der Waals surface area contributed by atoms with E-state index in [2.05, 4.69) is 10.0 Å². The first-order chi connectivity index (χ1) is 8.95. The molecule has 0 aliphatic rings. The van der Waals surface area contributed by atoms with Crippen molar-refractivity contribution in [1.82, 2.24) is 9.78 Å². The van der Waals surface area contributed by atoms with Crippen molar-refractivity contribution >= 4 is 5.97 Å². The summed E-state index contributed by atoms with van der Waals surface area (Å²) in [5.41, 5.74) is 1.10. The number of carbonyl (C=O) groups is 1. The van der Waals surface area contributed by atoms with Crippen molar-refractivity contribution in [2.24, 2.45) is 5.92 Å². The van der Waals surface area contributed by atoms with E-state index in [9.17, 15) is 9.32 Å². The van der Waals surface area contributed by atoms with Gasteiger partial charge >= 0.3 is 5.97 Å². The summed E-state index contributed by atoms with van der Waals surface area (Å²) in [4.78, 5) is 14.5. The Morgan fingerprint density at radius 2 is 2.21 bits per heavy atom. The molecule has 19 heavy (non-hydrogen) atoms. The van der Waals surface area contributed by atoms with Crippen molar-refractivity contribution in [3.8, 4) is 5.88 Å². The molecular formula is C13H19FN2O3. The summed E-state index contributed by atoms with van der Waals surface area (Å²) in [6.45, 7) is 8.72. The number of carbonyl (C=O) groups excluding carboxylic acids is 1. The molecule has 1 heterocycles. The summed E-state index contributed by atoms with van der Waals surface area (Å²) >= 11 is 0. The fourth-order valence-corrected chi connectivity index (χ4v) is 1.35. The van der Waals surface area contributed by atoms with E-state index < -0.39 is 5.97 Å². The number of ether oxygens (including phenoxy) is 1. The van der Waals surface area contributed by atoms with E-state index in [1.165, 1.54) is 10.9 Å². The van der Waals surface area contributed by atoms with Gasteiger partial charge in [-0.15, -0.1) is 0 Å². The Morgan fingerprint density at radius 3 is 2.74 bits per heavy atom. The minimum atomic E-state index is -1.10. The number of halogens is 1. The zero-order valence-corrected chi connectivity index (χ0v) is 11.6. The molecule has 1 aromatic heterocycles. The van der Waals surface area contributed by atoms with Crippen molar-refractivity contribution in [1.29, 1.82) is 0 Å². The lowest BCUT2D eigenvalue weighted by molar-refractivity contribution is -0.0790. The molecule has 106 valence electrons. The first kappa shape index (κ1) is 15.2. The third-order valence-electron chi connectivity index (χ3n) is 2.31. The molecule has 0 fully saturated rings. The normalized spacial score (nSPS) is 10.4.